The summed E-state index contributed by atoms with van der Waals surface area (Å²) in [5, 5.41) is 10.8. The summed E-state index contributed by atoms with van der Waals surface area (Å²) in [5.41, 5.74) is 2.37. The highest BCUT2D eigenvalue weighted by Crippen LogP contribution is 2.32. The lowest BCUT2D eigenvalue weighted by Gasteiger charge is -2.38. The minimum absolute atomic E-state index is 0.603. The number of aromatic nitrogens is 1. The number of hydrogen-bond donors (Lipinski definition) is 3. The third kappa shape index (κ3) is 11.4. The molecule has 1 aliphatic rings. The molecule has 0 bridgehead atoms. The molecule has 1 aromatic heterocycles. The molecule has 1 aliphatic heterocycles. The van der Waals surface area contributed by atoms with Crippen LogP contribution in [0.2, 0.25) is 0 Å². The first-order valence-corrected chi connectivity index (χ1v) is 15.8. The molecule has 39 heavy (non-hydrogen) atoms. The van der Waals surface area contributed by atoms with E-state index in [1.807, 2.05) is 6.20 Å². The summed E-state index contributed by atoms with van der Waals surface area (Å²) in [4.78, 5) is 15.0. The number of hydrogen-bond acceptors (Lipinski definition) is 8. The summed E-state index contributed by atoms with van der Waals surface area (Å²) in [6, 6.07) is 4.71. The summed E-state index contributed by atoms with van der Waals surface area (Å²) in [6.45, 7) is 31.9. The molecule has 0 saturated heterocycles. The van der Waals surface area contributed by atoms with Crippen molar-refractivity contribution in [1.82, 2.24) is 25.4 Å². The summed E-state index contributed by atoms with van der Waals surface area (Å²) in [5.74, 6) is 1.13. The maximum atomic E-state index is 4.92. The fraction of sp³-hybridized carbons (Fsp3) is 0.839. The number of nitrogens with one attached hydrogen (secondary N) is 3. The lowest BCUT2D eigenvalue weighted by Crippen LogP contribution is -2.46. The van der Waals surface area contributed by atoms with E-state index in [-0.39, 0.29) is 0 Å². The fourth-order valence-electron chi connectivity index (χ4n) is 5.82. The van der Waals surface area contributed by atoms with Gasteiger partial charge in [-0.2, -0.15) is 0 Å². The summed E-state index contributed by atoms with van der Waals surface area (Å²) >= 11 is 0. The van der Waals surface area contributed by atoms with Crippen LogP contribution in [0, 0.1) is 0 Å². The first-order chi connectivity index (χ1) is 18.6. The minimum atomic E-state index is 0.603. The Morgan fingerprint density at radius 1 is 0.744 bits per heavy atom. The fourth-order valence-corrected chi connectivity index (χ4v) is 5.82. The van der Waals surface area contributed by atoms with E-state index in [0.717, 1.165) is 83.5 Å². The van der Waals surface area contributed by atoms with E-state index < -0.39 is 0 Å². The van der Waals surface area contributed by atoms with Crippen LogP contribution in [-0.4, -0.2) is 111 Å². The van der Waals surface area contributed by atoms with Crippen LogP contribution >= 0.6 is 0 Å². The first-order valence-electron chi connectivity index (χ1n) is 15.8. The van der Waals surface area contributed by atoms with E-state index in [1.54, 1.807) is 0 Å². The van der Waals surface area contributed by atoms with Crippen molar-refractivity contribution in [3.63, 3.8) is 0 Å². The van der Waals surface area contributed by atoms with Gasteiger partial charge in [0.05, 0.1) is 17.6 Å². The van der Waals surface area contributed by atoms with Gasteiger partial charge in [-0.1, -0.05) is 0 Å². The number of fused-ring (bicyclic) bond motifs is 1. The van der Waals surface area contributed by atoms with Gasteiger partial charge in [0.1, 0.15) is 0 Å². The minimum Gasteiger partial charge on any atom is -0.384 e. The van der Waals surface area contributed by atoms with E-state index in [2.05, 4.69) is 104 Å². The molecule has 0 atom stereocenters. The van der Waals surface area contributed by atoms with Gasteiger partial charge < -0.3 is 25.8 Å². The van der Waals surface area contributed by atoms with E-state index in [9.17, 15) is 0 Å². The summed E-state index contributed by atoms with van der Waals surface area (Å²) < 4.78 is 0. The van der Waals surface area contributed by atoms with Crippen molar-refractivity contribution in [3.05, 3.63) is 12.3 Å². The van der Waals surface area contributed by atoms with E-state index in [1.165, 1.54) is 18.5 Å². The van der Waals surface area contributed by atoms with Crippen molar-refractivity contribution in [3.8, 4) is 0 Å². The molecule has 3 N–H and O–H groups in total. The molecule has 0 unspecified atom stereocenters. The maximum absolute atomic E-state index is 4.92. The molecule has 0 aliphatic carbocycles. The van der Waals surface area contributed by atoms with Crippen LogP contribution in [0.4, 0.5) is 17.2 Å². The number of nitrogens with zero attached hydrogens (tertiary/aromatic N) is 5. The van der Waals surface area contributed by atoms with Gasteiger partial charge in [-0.05, 0) is 107 Å². The Labute approximate surface area is 241 Å². The van der Waals surface area contributed by atoms with Crippen LogP contribution in [0.5, 0.6) is 0 Å². The zero-order valence-corrected chi connectivity index (χ0v) is 26.9. The Hall–Kier alpha value is -1.61. The lowest BCUT2D eigenvalue weighted by molar-refractivity contribution is 0.172. The van der Waals surface area contributed by atoms with Gasteiger partial charge in [0.25, 0.3) is 0 Å². The zero-order chi connectivity index (χ0) is 28.8. The number of pyridine rings is 1. The van der Waals surface area contributed by atoms with Gasteiger partial charge in [-0.15, -0.1) is 0 Å². The molecule has 1 aromatic rings. The van der Waals surface area contributed by atoms with Crippen LogP contribution in [-0.2, 0) is 0 Å². The molecule has 2 heterocycles. The topological polar surface area (TPSA) is 61.9 Å². The molecule has 8 nitrogen and oxygen atoms in total. The molecular weight excluding hydrogens is 484 g/mol. The summed E-state index contributed by atoms with van der Waals surface area (Å²) in [6.07, 6.45) is 4.37. The highest BCUT2D eigenvalue weighted by Gasteiger charge is 2.24. The Morgan fingerprint density at radius 2 is 1.23 bits per heavy atom. The molecule has 0 spiro atoms. The Balaban J connectivity index is 1.83. The van der Waals surface area contributed by atoms with Crippen LogP contribution in [0.3, 0.4) is 0 Å². The molecule has 0 saturated carbocycles. The van der Waals surface area contributed by atoms with Crippen LogP contribution < -0.4 is 25.8 Å². The third-order valence-electron chi connectivity index (χ3n) is 7.82. The quantitative estimate of drug-likeness (QED) is 0.209. The second-order valence-corrected chi connectivity index (χ2v) is 12.1. The molecule has 2 rings (SSSR count). The standard InChI is InChI=1S/C31H62N8/c1-10-34-29-23-30-31(35-24-29)37(20-16-33-14-12-18-39(27(6)7)28(8)9)22-21-36(30)19-15-32-13-11-17-38(25(2)3)26(4)5/h23-28,32-34H,10-22H2,1-9H3. The van der Waals surface area contributed by atoms with E-state index >= 15 is 0 Å². The van der Waals surface area contributed by atoms with E-state index in [0.29, 0.717) is 24.2 Å². The average molecular weight is 547 g/mol. The van der Waals surface area contributed by atoms with Crippen molar-refractivity contribution in [2.75, 3.05) is 87.1 Å². The van der Waals surface area contributed by atoms with Gasteiger partial charge in [0.15, 0.2) is 5.82 Å². The third-order valence-corrected chi connectivity index (χ3v) is 7.82. The van der Waals surface area contributed by atoms with Crippen molar-refractivity contribution in [1.29, 1.82) is 0 Å². The summed E-state index contributed by atoms with van der Waals surface area (Å²) in [7, 11) is 0. The van der Waals surface area contributed by atoms with Gasteiger partial charge >= 0.3 is 0 Å². The Morgan fingerprint density at radius 3 is 1.72 bits per heavy atom. The van der Waals surface area contributed by atoms with Crippen LogP contribution in [0.15, 0.2) is 12.3 Å². The van der Waals surface area contributed by atoms with Crippen LogP contribution in [0.25, 0.3) is 0 Å². The van der Waals surface area contributed by atoms with Crippen molar-refractivity contribution < 1.29 is 0 Å². The molecule has 0 aromatic carbocycles. The Bertz CT molecular complexity index is 766. The van der Waals surface area contributed by atoms with Gasteiger partial charge in [0, 0.05) is 70.0 Å². The molecule has 0 radical (unpaired) electrons. The lowest BCUT2D eigenvalue weighted by atomic mass is 10.2. The highest BCUT2D eigenvalue weighted by atomic mass is 15.3. The van der Waals surface area contributed by atoms with Gasteiger partial charge in [-0.25, -0.2) is 4.98 Å². The normalized spacial score (nSPS) is 14.1. The number of rotatable bonds is 20. The molecule has 226 valence electrons. The smallest absolute Gasteiger partial charge is 0.152 e. The Kier molecular flexibility index (Phi) is 15.5. The predicted molar refractivity (Wildman–Crippen MR) is 172 cm³/mol. The molecule has 0 fully saturated rings. The van der Waals surface area contributed by atoms with Gasteiger partial charge in [-0.3, -0.25) is 9.80 Å². The zero-order valence-electron chi connectivity index (χ0n) is 26.9. The number of anilines is 3. The van der Waals surface area contributed by atoms with Crippen molar-refractivity contribution in [2.24, 2.45) is 0 Å². The van der Waals surface area contributed by atoms with Crippen LogP contribution in [0.1, 0.15) is 75.2 Å². The average Bonchev–Trinajstić information content (AvgIpc) is 2.87. The van der Waals surface area contributed by atoms with Crippen molar-refractivity contribution >= 4 is 17.2 Å². The monoisotopic (exact) mass is 547 g/mol. The highest BCUT2D eigenvalue weighted by molar-refractivity contribution is 5.73. The van der Waals surface area contributed by atoms with E-state index in [4.69, 9.17) is 4.98 Å². The maximum Gasteiger partial charge on any atom is 0.152 e. The predicted octanol–water partition coefficient (Wildman–Crippen LogP) is 4.34. The SMILES string of the molecule is CCNc1cnc2c(c1)N(CCNCCCN(C(C)C)C(C)C)CCN2CCNCCCN(C(C)C)C(C)C. The van der Waals surface area contributed by atoms with Gasteiger partial charge in [0.2, 0.25) is 0 Å². The molecule has 8 heteroatoms. The second kappa shape index (κ2) is 17.9. The second-order valence-electron chi connectivity index (χ2n) is 12.1. The first kappa shape index (κ1) is 33.6. The molecule has 0 amide bonds. The van der Waals surface area contributed by atoms with Crippen molar-refractivity contribution in [2.45, 2.75) is 99.3 Å². The molecular formula is C31H62N8. The largest absolute Gasteiger partial charge is 0.384 e.